The summed E-state index contributed by atoms with van der Waals surface area (Å²) in [4.78, 5) is 27.9. The van der Waals surface area contributed by atoms with Crippen LogP contribution in [-0.2, 0) is 15.2 Å². The van der Waals surface area contributed by atoms with Crippen LogP contribution in [0.4, 0.5) is 0 Å². The van der Waals surface area contributed by atoms with E-state index in [1.54, 1.807) is 17.0 Å². The molecule has 1 aromatic rings. The summed E-state index contributed by atoms with van der Waals surface area (Å²) in [6, 6.07) is 6.60. The van der Waals surface area contributed by atoms with E-state index < -0.39 is 23.2 Å². The number of carbonyl (C=O) groups is 2. The Hall–Kier alpha value is -1.63. The largest absolute Gasteiger partial charge is 0.393 e. The summed E-state index contributed by atoms with van der Waals surface area (Å²) in [5, 5.41) is 24.8. The number of nitrogens with zero attached hydrogens (tertiary/aromatic N) is 1. The fourth-order valence-corrected chi connectivity index (χ4v) is 5.07. The summed E-state index contributed by atoms with van der Waals surface area (Å²) in [6.07, 6.45) is 1.70. The van der Waals surface area contributed by atoms with Crippen LogP contribution < -0.4 is 5.32 Å². The van der Waals surface area contributed by atoms with Gasteiger partial charge in [0.05, 0.1) is 11.7 Å². The minimum atomic E-state index is -1.08. The van der Waals surface area contributed by atoms with E-state index in [9.17, 15) is 19.8 Å². The topological polar surface area (TPSA) is 89.9 Å². The van der Waals surface area contributed by atoms with Crippen LogP contribution in [0.1, 0.15) is 58.9 Å². The second-order valence-corrected chi connectivity index (χ2v) is 10.6. The van der Waals surface area contributed by atoms with Crippen molar-refractivity contribution in [3.05, 3.63) is 34.9 Å². The number of carbonyl (C=O) groups excluding carboxylic acids is 2. The Kier molecular flexibility index (Phi) is 7.04. The van der Waals surface area contributed by atoms with Crippen LogP contribution in [0.3, 0.4) is 0 Å². The highest BCUT2D eigenvalue weighted by Crippen LogP contribution is 2.46. The first-order valence-electron chi connectivity index (χ1n) is 11.2. The van der Waals surface area contributed by atoms with Gasteiger partial charge in [0.2, 0.25) is 11.8 Å². The highest BCUT2D eigenvalue weighted by molar-refractivity contribution is 6.30. The number of aliphatic hydroxyl groups excluding tert-OH is 1. The van der Waals surface area contributed by atoms with Gasteiger partial charge in [0.25, 0.3) is 0 Å². The first-order chi connectivity index (χ1) is 14.4. The number of likely N-dealkylation sites (tertiary alicyclic amines) is 1. The van der Waals surface area contributed by atoms with Gasteiger partial charge in [0.15, 0.2) is 0 Å². The van der Waals surface area contributed by atoms with Crippen molar-refractivity contribution >= 4 is 23.4 Å². The van der Waals surface area contributed by atoms with Crippen LogP contribution in [0.2, 0.25) is 5.02 Å². The van der Waals surface area contributed by atoms with E-state index in [-0.39, 0.29) is 23.7 Å². The van der Waals surface area contributed by atoms with Gasteiger partial charge < -0.3 is 20.4 Å². The second kappa shape index (κ2) is 9.08. The number of benzene rings is 1. The fraction of sp³-hybridized carbons (Fsp3) is 0.667. The number of halogens is 1. The smallest absolute Gasteiger partial charge is 0.245 e. The van der Waals surface area contributed by atoms with E-state index >= 15 is 0 Å². The third kappa shape index (κ3) is 4.91. The molecule has 1 aromatic carbocycles. The lowest BCUT2D eigenvalue weighted by Gasteiger charge is -2.51. The highest BCUT2D eigenvalue weighted by Gasteiger charge is 2.50. The van der Waals surface area contributed by atoms with Crippen molar-refractivity contribution in [2.24, 2.45) is 17.3 Å². The summed E-state index contributed by atoms with van der Waals surface area (Å²) in [5.74, 6) is -0.578. The lowest BCUT2D eigenvalue weighted by molar-refractivity contribution is -0.157. The molecule has 1 saturated heterocycles. The molecule has 1 heterocycles. The Bertz CT molecular complexity index is 810. The maximum atomic E-state index is 13.4. The third-order valence-corrected chi connectivity index (χ3v) is 7.34. The predicted molar refractivity (Wildman–Crippen MR) is 120 cm³/mol. The van der Waals surface area contributed by atoms with E-state index in [0.717, 1.165) is 5.56 Å². The van der Waals surface area contributed by atoms with Crippen molar-refractivity contribution in [2.75, 3.05) is 13.1 Å². The van der Waals surface area contributed by atoms with E-state index in [0.29, 0.717) is 43.8 Å². The zero-order chi connectivity index (χ0) is 23.0. The average molecular weight is 451 g/mol. The molecule has 2 aliphatic rings. The fourth-order valence-electron chi connectivity index (χ4n) is 4.95. The molecule has 7 heteroatoms. The Morgan fingerprint density at radius 2 is 1.84 bits per heavy atom. The number of hydrogen-bond donors (Lipinski definition) is 3. The molecule has 0 radical (unpaired) electrons. The quantitative estimate of drug-likeness (QED) is 0.643. The number of hydrogen-bond acceptors (Lipinski definition) is 4. The Morgan fingerprint density at radius 1 is 1.19 bits per heavy atom. The number of amides is 2. The summed E-state index contributed by atoms with van der Waals surface area (Å²) in [5.41, 5.74) is -0.872. The molecular weight excluding hydrogens is 416 g/mol. The molecule has 0 aromatic heterocycles. The van der Waals surface area contributed by atoms with Gasteiger partial charge in [-0.3, -0.25) is 9.59 Å². The van der Waals surface area contributed by atoms with Gasteiger partial charge in [-0.05, 0) is 49.3 Å². The van der Waals surface area contributed by atoms with Gasteiger partial charge in [0.1, 0.15) is 6.04 Å². The molecular formula is C24H35ClN2O4. The zero-order valence-electron chi connectivity index (χ0n) is 18.9. The second-order valence-electron chi connectivity index (χ2n) is 10.2. The van der Waals surface area contributed by atoms with E-state index in [1.807, 2.05) is 39.8 Å². The van der Waals surface area contributed by atoms with Gasteiger partial charge in [-0.25, -0.2) is 0 Å². The van der Waals surface area contributed by atoms with Gasteiger partial charge in [-0.2, -0.15) is 0 Å². The predicted octanol–water partition coefficient (Wildman–Crippen LogP) is 3.09. The minimum absolute atomic E-state index is 0.0667. The average Bonchev–Trinajstić information content (AvgIpc) is 3.14. The van der Waals surface area contributed by atoms with Crippen molar-refractivity contribution in [3.63, 3.8) is 0 Å². The maximum absolute atomic E-state index is 13.4. The molecule has 0 spiro atoms. The lowest BCUT2D eigenvalue weighted by atomic mass is 9.66. The molecule has 2 unspecified atom stereocenters. The first kappa shape index (κ1) is 24.0. The number of rotatable bonds is 5. The standard InChI is InChI=1S/C24H35ClN2O4/c1-15(2)20(26-21(29)16-5-10-19(28)13-16)22(30)27-12-11-24(31,23(3,4)14-27)17-6-8-18(25)9-7-17/h6-9,15-16,19-20,28,31H,5,10-14H2,1-4H3,(H,26,29)/t16-,19-,20?,24?/m1/s1. The Balaban J connectivity index is 1.72. The van der Waals surface area contributed by atoms with Crippen LogP contribution in [0, 0.1) is 17.3 Å². The van der Waals surface area contributed by atoms with Gasteiger partial charge in [0, 0.05) is 29.4 Å². The lowest BCUT2D eigenvalue weighted by Crippen LogP contribution is -2.60. The molecule has 3 N–H and O–H groups in total. The van der Waals surface area contributed by atoms with Gasteiger partial charge >= 0.3 is 0 Å². The molecule has 31 heavy (non-hydrogen) atoms. The summed E-state index contributed by atoms with van der Waals surface area (Å²) in [6.45, 7) is 8.56. The van der Waals surface area contributed by atoms with Gasteiger partial charge in [-0.1, -0.05) is 51.4 Å². The summed E-state index contributed by atoms with van der Waals surface area (Å²) in [7, 11) is 0. The molecule has 3 rings (SSSR count). The maximum Gasteiger partial charge on any atom is 0.245 e. The molecule has 4 atom stereocenters. The van der Waals surface area contributed by atoms with Crippen LogP contribution in [0.25, 0.3) is 0 Å². The van der Waals surface area contributed by atoms with E-state index in [2.05, 4.69) is 5.32 Å². The monoisotopic (exact) mass is 450 g/mol. The molecule has 1 saturated carbocycles. The third-order valence-electron chi connectivity index (χ3n) is 7.09. The van der Waals surface area contributed by atoms with E-state index in [1.165, 1.54) is 0 Å². The number of piperidine rings is 1. The van der Waals surface area contributed by atoms with Crippen molar-refractivity contribution < 1.29 is 19.8 Å². The first-order valence-corrected chi connectivity index (χ1v) is 11.6. The molecule has 2 fully saturated rings. The zero-order valence-corrected chi connectivity index (χ0v) is 19.7. The van der Waals surface area contributed by atoms with Crippen LogP contribution >= 0.6 is 11.6 Å². The Labute approximate surface area is 190 Å². The van der Waals surface area contributed by atoms with Crippen molar-refractivity contribution in [3.8, 4) is 0 Å². The molecule has 2 amide bonds. The minimum Gasteiger partial charge on any atom is -0.393 e. The van der Waals surface area contributed by atoms with Gasteiger partial charge in [-0.15, -0.1) is 0 Å². The molecule has 172 valence electrons. The van der Waals surface area contributed by atoms with Crippen molar-refractivity contribution in [1.82, 2.24) is 10.2 Å². The Morgan fingerprint density at radius 3 is 2.35 bits per heavy atom. The number of nitrogens with one attached hydrogen (secondary N) is 1. The van der Waals surface area contributed by atoms with Crippen LogP contribution in [0.5, 0.6) is 0 Å². The normalized spacial score (nSPS) is 29.1. The van der Waals surface area contributed by atoms with Crippen LogP contribution in [0.15, 0.2) is 24.3 Å². The van der Waals surface area contributed by atoms with Crippen molar-refractivity contribution in [2.45, 2.75) is 71.1 Å². The molecule has 6 nitrogen and oxygen atoms in total. The molecule has 1 aliphatic heterocycles. The van der Waals surface area contributed by atoms with E-state index in [4.69, 9.17) is 11.6 Å². The summed E-state index contributed by atoms with van der Waals surface area (Å²) < 4.78 is 0. The van der Waals surface area contributed by atoms with Crippen LogP contribution in [-0.4, -0.2) is 52.2 Å². The SMILES string of the molecule is CC(C)C(NC(=O)[C@@H]1CC[C@@H](O)C1)C(=O)N1CCC(O)(c2ccc(Cl)cc2)C(C)(C)C1. The number of aliphatic hydroxyl groups is 2. The molecule has 0 bridgehead atoms. The van der Waals surface area contributed by atoms with Crippen molar-refractivity contribution in [1.29, 1.82) is 0 Å². The summed E-state index contributed by atoms with van der Waals surface area (Å²) >= 11 is 6.01. The highest BCUT2D eigenvalue weighted by atomic mass is 35.5. The molecule has 1 aliphatic carbocycles.